The number of hydrogen-bond donors (Lipinski definition) is 0. The third kappa shape index (κ3) is 3.80. The molecule has 3 amide bonds. The Labute approximate surface area is 231 Å². The van der Waals surface area contributed by atoms with Gasteiger partial charge in [-0.1, -0.05) is 50.1 Å². The molecule has 2 aromatic carbocycles. The number of carbonyl (C=O) groups excluding carboxylic acids is 4. The van der Waals surface area contributed by atoms with Gasteiger partial charge in [-0.05, 0) is 67.5 Å². The van der Waals surface area contributed by atoms with Gasteiger partial charge in [-0.15, -0.1) is 0 Å². The van der Waals surface area contributed by atoms with Gasteiger partial charge in [0, 0.05) is 28.3 Å². The maximum Gasteiger partial charge on any atom is 0.316 e. The number of halogens is 2. The molecule has 0 radical (unpaired) electrons. The number of aryl methyl sites for hydroxylation is 2. The van der Waals surface area contributed by atoms with Crippen molar-refractivity contribution < 1.29 is 23.9 Å². The fraction of sp³-hybridized carbons (Fsp3) is 0.429. The number of esters is 1. The van der Waals surface area contributed by atoms with Crippen molar-refractivity contribution in [2.24, 2.45) is 29.6 Å². The number of benzene rings is 2. The van der Waals surface area contributed by atoms with Gasteiger partial charge in [0.1, 0.15) is 5.75 Å². The molecule has 7 atom stereocenters. The Bertz CT molecular complexity index is 1310. The molecule has 192 valence electrons. The highest BCUT2D eigenvalue weighted by Gasteiger charge is 2.66. The van der Waals surface area contributed by atoms with Gasteiger partial charge in [-0.3, -0.25) is 19.2 Å². The molecule has 2 aliphatic carbocycles. The number of anilines is 2. The van der Waals surface area contributed by atoms with Gasteiger partial charge in [0.15, 0.2) is 0 Å². The van der Waals surface area contributed by atoms with E-state index in [-0.39, 0.29) is 64.0 Å². The Morgan fingerprint density at radius 2 is 1.54 bits per heavy atom. The largest absolute Gasteiger partial charge is 0.426 e. The van der Waals surface area contributed by atoms with E-state index in [1.54, 1.807) is 30.0 Å². The molecular formula is C28H26Br2N2O5. The summed E-state index contributed by atoms with van der Waals surface area (Å²) in [5.41, 5.74) is 2.98. The summed E-state index contributed by atoms with van der Waals surface area (Å²) in [6.07, 6.45) is 0.973. The third-order valence-corrected chi connectivity index (χ3v) is 11.7. The minimum absolute atomic E-state index is 0.0925. The second kappa shape index (κ2) is 9.05. The topological polar surface area (TPSA) is 84.0 Å². The second-order valence-electron chi connectivity index (χ2n) is 10.6. The van der Waals surface area contributed by atoms with Crippen molar-refractivity contribution in [1.29, 1.82) is 0 Å². The van der Waals surface area contributed by atoms with Crippen molar-refractivity contribution in [1.82, 2.24) is 0 Å². The molecule has 2 bridgehead atoms. The van der Waals surface area contributed by atoms with Crippen LogP contribution in [0.1, 0.15) is 24.0 Å². The number of fused-ring (bicyclic) bond motifs is 5. The van der Waals surface area contributed by atoms with Crippen LogP contribution in [0.5, 0.6) is 5.75 Å². The first-order chi connectivity index (χ1) is 17.7. The summed E-state index contributed by atoms with van der Waals surface area (Å²) in [5, 5.41) is 0. The summed E-state index contributed by atoms with van der Waals surface area (Å²) in [7, 11) is 0. The Morgan fingerprint density at radius 3 is 2.16 bits per heavy atom. The molecule has 7 nitrogen and oxygen atoms in total. The Morgan fingerprint density at radius 1 is 0.892 bits per heavy atom. The lowest BCUT2D eigenvalue weighted by Gasteiger charge is -2.28. The minimum Gasteiger partial charge on any atom is -0.426 e. The van der Waals surface area contributed by atoms with E-state index in [1.165, 1.54) is 4.90 Å². The van der Waals surface area contributed by atoms with E-state index in [9.17, 15) is 19.2 Å². The van der Waals surface area contributed by atoms with E-state index in [0.717, 1.165) is 17.7 Å². The molecule has 4 aliphatic rings. The Kier molecular flexibility index (Phi) is 6.06. The number of amides is 3. The van der Waals surface area contributed by atoms with Crippen molar-refractivity contribution in [2.45, 2.75) is 36.3 Å². The van der Waals surface area contributed by atoms with E-state index < -0.39 is 11.9 Å². The zero-order valence-electron chi connectivity index (χ0n) is 20.4. The smallest absolute Gasteiger partial charge is 0.316 e. The summed E-state index contributed by atoms with van der Waals surface area (Å²) in [6, 6.07) is 12.5. The minimum atomic E-state index is -0.571. The van der Waals surface area contributed by atoms with Crippen LogP contribution >= 0.6 is 31.9 Å². The van der Waals surface area contributed by atoms with Crippen molar-refractivity contribution in [3.63, 3.8) is 0 Å². The average Bonchev–Trinajstić information content (AvgIpc) is 3.58. The lowest BCUT2D eigenvalue weighted by atomic mass is 9.81. The number of ether oxygens (including phenoxy) is 1. The Hall–Kier alpha value is -2.52. The third-order valence-electron chi connectivity index (χ3n) is 8.48. The zero-order chi connectivity index (χ0) is 26.2. The first-order valence-electron chi connectivity index (χ1n) is 12.5. The maximum atomic E-state index is 13.4. The van der Waals surface area contributed by atoms with Crippen LogP contribution in [0.2, 0.25) is 0 Å². The van der Waals surface area contributed by atoms with Crippen LogP contribution in [-0.2, 0) is 19.2 Å². The lowest BCUT2D eigenvalue weighted by molar-refractivity contribution is -0.139. The Balaban J connectivity index is 1.17. The van der Waals surface area contributed by atoms with Gasteiger partial charge in [-0.2, -0.15) is 0 Å². The predicted octanol–water partition coefficient (Wildman–Crippen LogP) is 4.54. The highest BCUT2D eigenvalue weighted by molar-refractivity contribution is 9.12. The van der Waals surface area contributed by atoms with Crippen molar-refractivity contribution in [3.8, 4) is 5.75 Å². The standard InChI is InChI=1S/C28H26Br2N2O5/c1-13-5-3-4-6-19(13)31-12-15(10-21(31)33)28(36)37-16-7-8-20(14(2)9-16)32-26(34)22-17-11-18(23(22)27(32)35)25(30)24(17)29/h3-9,15,17-18,22-25H,10-12H2,1-2H3/t15-,17-,18-,22-,23-,24+,25+/m1/s1. The molecule has 0 N–H and O–H groups in total. The molecule has 2 saturated heterocycles. The molecule has 0 aromatic heterocycles. The summed E-state index contributed by atoms with van der Waals surface area (Å²) in [6.45, 7) is 4.00. The van der Waals surface area contributed by atoms with E-state index in [0.29, 0.717) is 17.0 Å². The van der Waals surface area contributed by atoms with Crippen molar-refractivity contribution in [2.75, 3.05) is 16.3 Å². The maximum absolute atomic E-state index is 13.4. The molecule has 9 heteroatoms. The number of alkyl halides is 2. The molecule has 6 rings (SSSR count). The highest BCUT2D eigenvalue weighted by Crippen LogP contribution is 2.60. The van der Waals surface area contributed by atoms with Crippen LogP contribution in [0, 0.1) is 43.4 Å². The molecule has 2 aliphatic heterocycles. The van der Waals surface area contributed by atoms with Gasteiger partial charge < -0.3 is 9.64 Å². The predicted molar refractivity (Wildman–Crippen MR) is 145 cm³/mol. The van der Waals surface area contributed by atoms with Crippen LogP contribution in [-0.4, -0.2) is 39.9 Å². The SMILES string of the molecule is Cc1ccccc1N1C[C@H](C(=O)Oc2ccc(N3C(=O)[C@@H]4[C@H]5C[C@@H]([C@H](Br)[C@H]5Br)[C@H]4C3=O)c(C)c2)CC1=O. The fourth-order valence-electron chi connectivity index (χ4n) is 6.69. The number of para-hydroxylation sites is 1. The average molecular weight is 630 g/mol. The molecule has 2 heterocycles. The summed E-state index contributed by atoms with van der Waals surface area (Å²) in [4.78, 5) is 55.6. The number of carbonyl (C=O) groups is 4. The lowest BCUT2D eigenvalue weighted by Crippen LogP contribution is -2.37. The zero-order valence-corrected chi connectivity index (χ0v) is 23.6. The van der Waals surface area contributed by atoms with Crippen LogP contribution in [0.15, 0.2) is 42.5 Å². The number of rotatable bonds is 4. The van der Waals surface area contributed by atoms with Crippen molar-refractivity contribution >= 4 is 66.9 Å². The van der Waals surface area contributed by atoms with Crippen molar-refractivity contribution in [3.05, 3.63) is 53.6 Å². The van der Waals surface area contributed by atoms with E-state index in [2.05, 4.69) is 31.9 Å². The van der Waals surface area contributed by atoms with E-state index >= 15 is 0 Å². The molecule has 37 heavy (non-hydrogen) atoms. The first-order valence-corrected chi connectivity index (χ1v) is 14.3. The number of nitrogens with zero attached hydrogens (tertiary/aromatic N) is 2. The summed E-state index contributed by atoms with van der Waals surface area (Å²) >= 11 is 7.44. The molecule has 0 unspecified atom stereocenters. The van der Waals surface area contributed by atoms with E-state index in [4.69, 9.17) is 4.74 Å². The fourth-order valence-corrected chi connectivity index (χ4v) is 8.57. The molecule has 2 saturated carbocycles. The molecular weight excluding hydrogens is 604 g/mol. The summed E-state index contributed by atoms with van der Waals surface area (Å²) in [5.74, 6) is -1.38. The van der Waals surface area contributed by atoms with Gasteiger partial charge in [0.05, 0.1) is 23.4 Å². The quantitative estimate of drug-likeness (QED) is 0.215. The monoisotopic (exact) mass is 628 g/mol. The van der Waals surface area contributed by atoms with Gasteiger partial charge in [0.25, 0.3) is 0 Å². The van der Waals surface area contributed by atoms with Gasteiger partial charge >= 0.3 is 5.97 Å². The van der Waals surface area contributed by atoms with E-state index in [1.807, 2.05) is 31.2 Å². The number of imide groups is 1. The van der Waals surface area contributed by atoms with Crippen LogP contribution in [0.25, 0.3) is 0 Å². The van der Waals surface area contributed by atoms with Crippen LogP contribution in [0.3, 0.4) is 0 Å². The highest BCUT2D eigenvalue weighted by atomic mass is 79.9. The first kappa shape index (κ1) is 24.8. The van der Waals surface area contributed by atoms with Crippen LogP contribution < -0.4 is 14.5 Å². The molecule has 2 aromatic rings. The van der Waals surface area contributed by atoms with Gasteiger partial charge in [0.2, 0.25) is 17.7 Å². The number of hydrogen-bond acceptors (Lipinski definition) is 5. The van der Waals surface area contributed by atoms with Crippen LogP contribution in [0.4, 0.5) is 11.4 Å². The molecule has 4 fully saturated rings. The van der Waals surface area contributed by atoms with Gasteiger partial charge in [-0.25, -0.2) is 4.90 Å². The normalized spacial score (nSPS) is 32.4. The second-order valence-corrected chi connectivity index (χ2v) is 12.7. The summed E-state index contributed by atoms with van der Waals surface area (Å²) < 4.78 is 5.64. The molecule has 0 spiro atoms.